The summed E-state index contributed by atoms with van der Waals surface area (Å²) in [5.41, 5.74) is 0. The van der Waals surface area contributed by atoms with Gasteiger partial charge in [0.2, 0.25) is 0 Å². The largest absolute Gasteiger partial charge is 0.377 e. The quantitative estimate of drug-likeness (QED) is 0.772. The molecule has 0 spiro atoms. The molecule has 18 heavy (non-hydrogen) atoms. The van der Waals surface area contributed by atoms with E-state index in [2.05, 4.69) is 31.3 Å². The maximum Gasteiger partial charge on any atom is 0.0809 e. The van der Waals surface area contributed by atoms with Crippen LogP contribution in [-0.2, 0) is 9.47 Å². The Morgan fingerprint density at radius 2 is 2.44 bits per heavy atom. The van der Waals surface area contributed by atoms with E-state index in [9.17, 15) is 0 Å². The first kappa shape index (κ1) is 14.0. The van der Waals surface area contributed by atoms with E-state index in [1.54, 1.807) is 0 Å². The minimum Gasteiger partial charge on any atom is -0.377 e. The van der Waals surface area contributed by atoms with Gasteiger partial charge in [0.1, 0.15) is 0 Å². The van der Waals surface area contributed by atoms with Crippen molar-refractivity contribution >= 4 is 11.3 Å². The predicted molar refractivity (Wildman–Crippen MR) is 75.3 cm³/mol. The van der Waals surface area contributed by atoms with Crippen molar-refractivity contribution in [2.45, 2.75) is 38.8 Å². The van der Waals surface area contributed by atoms with Crippen molar-refractivity contribution in [1.82, 2.24) is 5.32 Å². The smallest absolute Gasteiger partial charge is 0.0809 e. The molecule has 1 fully saturated rings. The van der Waals surface area contributed by atoms with Crippen LogP contribution in [0.1, 0.15) is 35.6 Å². The molecule has 2 heterocycles. The van der Waals surface area contributed by atoms with Crippen molar-refractivity contribution in [2.24, 2.45) is 0 Å². The molecule has 1 aromatic rings. The topological polar surface area (TPSA) is 30.5 Å². The van der Waals surface area contributed by atoms with Crippen molar-refractivity contribution in [1.29, 1.82) is 0 Å². The number of nitrogens with one attached hydrogen (secondary N) is 1. The third-order valence-corrected chi connectivity index (χ3v) is 4.40. The van der Waals surface area contributed by atoms with Crippen LogP contribution in [0.4, 0.5) is 0 Å². The molecule has 4 heteroatoms. The fourth-order valence-electron chi connectivity index (χ4n) is 2.12. The van der Waals surface area contributed by atoms with Gasteiger partial charge in [0.05, 0.1) is 19.3 Å². The first-order valence-corrected chi connectivity index (χ1v) is 7.56. The molecule has 2 rings (SSSR count). The number of rotatable bonds is 7. The molecule has 0 unspecified atom stereocenters. The number of aryl methyl sites for hydroxylation is 1. The van der Waals surface area contributed by atoms with Crippen molar-refractivity contribution in [3.05, 3.63) is 21.9 Å². The third kappa shape index (κ3) is 4.35. The molecule has 1 N–H and O–H groups in total. The van der Waals surface area contributed by atoms with Crippen LogP contribution in [0, 0.1) is 6.92 Å². The minimum atomic E-state index is 0.336. The van der Waals surface area contributed by atoms with E-state index in [-0.39, 0.29) is 0 Å². The highest BCUT2D eigenvalue weighted by Crippen LogP contribution is 2.21. The Bertz CT molecular complexity index is 347. The van der Waals surface area contributed by atoms with Crippen molar-refractivity contribution in [3.63, 3.8) is 0 Å². The van der Waals surface area contributed by atoms with E-state index >= 15 is 0 Å². The van der Waals surface area contributed by atoms with Crippen LogP contribution >= 0.6 is 11.3 Å². The first-order valence-electron chi connectivity index (χ1n) is 6.75. The average molecular weight is 269 g/mol. The van der Waals surface area contributed by atoms with Crippen LogP contribution in [0.25, 0.3) is 0 Å². The first-order chi connectivity index (χ1) is 8.75. The van der Waals surface area contributed by atoms with E-state index in [4.69, 9.17) is 9.47 Å². The maximum absolute atomic E-state index is 5.62. The molecule has 1 aromatic heterocycles. The SMILES string of the molecule is Cc1ccc([C@@H](C)NCCOC[C@H]2CCCO2)s1. The molecule has 2 atom stereocenters. The van der Waals surface area contributed by atoms with Crippen LogP contribution < -0.4 is 5.32 Å². The summed E-state index contributed by atoms with van der Waals surface area (Å²) in [6.45, 7) is 7.64. The number of hydrogen-bond donors (Lipinski definition) is 1. The minimum absolute atomic E-state index is 0.336. The van der Waals surface area contributed by atoms with E-state index < -0.39 is 0 Å². The maximum atomic E-state index is 5.62. The summed E-state index contributed by atoms with van der Waals surface area (Å²) in [6.07, 6.45) is 2.67. The highest BCUT2D eigenvalue weighted by atomic mass is 32.1. The van der Waals surface area contributed by atoms with Crippen molar-refractivity contribution in [3.8, 4) is 0 Å². The molecule has 0 aliphatic carbocycles. The molecule has 0 bridgehead atoms. The van der Waals surface area contributed by atoms with E-state index in [1.165, 1.54) is 16.2 Å². The van der Waals surface area contributed by atoms with Gasteiger partial charge in [-0.15, -0.1) is 11.3 Å². The monoisotopic (exact) mass is 269 g/mol. The van der Waals surface area contributed by atoms with E-state index in [0.29, 0.717) is 12.1 Å². The highest BCUT2D eigenvalue weighted by molar-refractivity contribution is 7.12. The van der Waals surface area contributed by atoms with Gasteiger partial charge in [-0.3, -0.25) is 0 Å². The van der Waals surface area contributed by atoms with Crippen LogP contribution in [0.15, 0.2) is 12.1 Å². The zero-order valence-electron chi connectivity index (χ0n) is 11.3. The summed E-state index contributed by atoms with van der Waals surface area (Å²) in [6, 6.07) is 4.78. The van der Waals surface area contributed by atoms with E-state index in [1.807, 2.05) is 11.3 Å². The summed E-state index contributed by atoms with van der Waals surface area (Å²) >= 11 is 1.86. The van der Waals surface area contributed by atoms with E-state index in [0.717, 1.165) is 32.8 Å². The Morgan fingerprint density at radius 3 is 3.11 bits per heavy atom. The van der Waals surface area contributed by atoms with Gasteiger partial charge >= 0.3 is 0 Å². The number of ether oxygens (including phenoxy) is 2. The molecule has 3 nitrogen and oxygen atoms in total. The molecule has 0 aromatic carbocycles. The Balaban J connectivity index is 1.54. The van der Waals surface area contributed by atoms with Crippen LogP contribution in [-0.4, -0.2) is 32.5 Å². The lowest BCUT2D eigenvalue weighted by molar-refractivity contribution is 0.0179. The lowest BCUT2D eigenvalue weighted by atomic mass is 10.2. The van der Waals surface area contributed by atoms with Gasteiger partial charge in [0.25, 0.3) is 0 Å². The molecule has 0 saturated carbocycles. The van der Waals surface area contributed by atoms with Crippen molar-refractivity contribution in [2.75, 3.05) is 26.4 Å². The third-order valence-electron chi connectivity index (χ3n) is 3.21. The van der Waals surface area contributed by atoms with Gasteiger partial charge in [-0.05, 0) is 38.8 Å². The summed E-state index contributed by atoms with van der Waals surface area (Å²) in [7, 11) is 0. The van der Waals surface area contributed by atoms with Crippen LogP contribution in [0.5, 0.6) is 0 Å². The fourth-order valence-corrected chi connectivity index (χ4v) is 3.03. The Morgan fingerprint density at radius 1 is 1.56 bits per heavy atom. The van der Waals surface area contributed by atoms with Gasteiger partial charge in [0, 0.05) is 28.9 Å². The standard InChI is InChI=1S/C14H23NO2S/c1-11-5-6-14(18-11)12(2)15-7-9-16-10-13-4-3-8-17-13/h5-6,12-13,15H,3-4,7-10H2,1-2H3/t12-,13-/m1/s1. The van der Waals surface area contributed by atoms with Crippen LogP contribution in [0.2, 0.25) is 0 Å². The van der Waals surface area contributed by atoms with Gasteiger partial charge < -0.3 is 14.8 Å². The fraction of sp³-hybridized carbons (Fsp3) is 0.714. The molecular weight excluding hydrogens is 246 g/mol. The molecule has 0 radical (unpaired) electrons. The summed E-state index contributed by atoms with van der Waals surface area (Å²) < 4.78 is 11.1. The summed E-state index contributed by atoms with van der Waals surface area (Å²) in [4.78, 5) is 2.76. The lowest BCUT2D eigenvalue weighted by Crippen LogP contribution is -2.24. The predicted octanol–water partition coefficient (Wildman–Crippen LogP) is 2.90. The summed E-state index contributed by atoms with van der Waals surface area (Å²) in [5.74, 6) is 0. The van der Waals surface area contributed by atoms with Gasteiger partial charge in [-0.1, -0.05) is 0 Å². The molecule has 1 aliphatic heterocycles. The van der Waals surface area contributed by atoms with Gasteiger partial charge in [-0.2, -0.15) is 0 Å². The second-order valence-electron chi connectivity index (χ2n) is 4.83. The Hall–Kier alpha value is -0.420. The van der Waals surface area contributed by atoms with Gasteiger partial charge in [0.15, 0.2) is 0 Å². The molecule has 102 valence electrons. The molecule has 0 amide bonds. The van der Waals surface area contributed by atoms with Crippen molar-refractivity contribution < 1.29 is 9.47 Å². The second-order valence-corrected chi connectivity index (χ2v) is 6.15. The zero-order chi connectivity index (χ0) is 12.8. The van der Waals surface area contributed by atoms with Gasteiger partial charge in [-0.25, -0.2) is 0 Å². The highest BCUT2D eigenvalue weighted by Gasteiger charge is 2.15. The zero-order valence-corrected chi connectivity index (χ0v) is 12.1. The second kappa shape index (κ2) is 7.24. The molecule has 1 aliphatic rings. The number of thiophene rings is 1. The Labute approximate surface area is 113 Å². The lowest BCUT2D eigenvalue weighted by Gasteiger charge is -2.13. The molecule has 1 saturated heterocycles. The number of hydrogen-bond acceptors (Lipinski definition) is 4. The molecular formula is C14H23NO2S. The normalized spacial score (nSPS) is 21.3. The van der Waals surface area contributed by atoms with Crippen LogP contribution in [0.3, 0.4) is 0 Å². The average Bonchev–Trinajstić information content (AvgIpc) is 2.99. The Kier molecular flexibility index (Phi) is 5.63. The summed E-state index contributed by atoms with van der Waals surface area (Å²) in [5, 5.41) is 3.48.